The molecule has 0 radical (unpaired) electrons. The van der Waals surface area contributed by atoms with E-state index in [-0.39, 0.29) is 28.3 Å². The van der Waals surface area contributed by atoms with Gasteiger partial charge in [-0.25, -0.2) is 0 Å². The molecule has 0 aliphatic carbocycles. The Morgan fingerprint density at radius 1 is 0.724 bits per heavy atom. The minimum Gasteiger partial charge on any atom is -0.507 e. The monoisotopic (exact) mass is 538 g/mol. The number of carbonyl (C=O) groups is 2. The van der Waals surface area contributed by atoms with E-state index < -0.39 is 11.8 Å². The van der Waals surface area contributed by atoms with E-state index in [1.807, 2.05) is 0 Å². The van der Waals surface area contributed by atoms with Crippen molar-refractivity contribution in [2.24, 2.45) is 0 Å². The molecule has 0 fully saturated rings. The van der Waals surface area contributed by atoms with Crippen molar-refractivity contribution in [2.75, 3.05) is 10.6 Å². The van der Waals surface area contributed by atoms with Crippen LogP contribution >= 0.6 is 43.5 Å². The third kappa shape index (κ3) is 5.09. The van der Waals surface area contributed by atoms with Gasteiger partial charge in [0.25, 0.3) is 11.8 Å². The molecular weight excluding hydrogens is 527 g/mol. The summed E-state index contributed by atoms with van der Waals surface area (Å²) in [6.45, 7) is 0. The van der Waals surface area contributed by atoms with Crippen LogP contribution in [0.5, 0.6) is 11.5 Å². The summed E-state index contributed by atoms with van der Waals surface area (Å²) in [6, 6.07) is 13.4. The summed E-state index contributed by atoms with van der Waals surface area (Å²) < 4.78 is 0.925. The Bertz CT molecular complexity index is 1120. The number of phenolic OH excluding ortho intramolecular Hbond substituents is 2. The van der Waals surface area contributed by atoms with Gasteiger partial charge in [-0.2, -0.15) is 0 Å². The highest BCUT2D eigenvalue weighted by atomic mass is 79.9. The van der Waals surface area contributed by atoms with E-state index >= 15 is 0 Å². The molecule has 3 aromatic rings. The van der Waals surface area contributed by atoms with Crippen molar-refractivity contribution in [1.82, 2.24) is 0 Å². The van der Waals surface area contributed by atoms with Crippen LogP contribution in [0.25, 0.3) is 0 Å². The van der Waals surface area contributed by atoms with Crippen LogP contribution in [0.15, 0.2) is 63.5 Å². The Balaban J connectivity index is 1.85. The maximum absolute atomic E-state index is 12.5. The highest BCUT2D eigenvalue weighted by Crippen LogP contribution is 2.29. The van der Waals surface area contributed by atoms with Crippen LogP contribution in [0.1, 0.15) is 20.7 Å². The Kier molecular flexibility index (Phi) is 6.46. The Morgan fingerprint density at radius 2 is 1.21 bits per heavy atom. The lowest BCUT2D eigenvalue weighted by Crippen LogP contribution is -2.17. The summed E-state index contributed by atoms with van der Waals surface area (Å²) in [5.41, 5.74) is 1.05. The first-order chi connectivity index (χ1) is 13.7. The first-order valence-corrected chi connectivity index (χ1v) is 10.1. The van der Waals surface area contributed by atoms with Crippen LogP contribution in [0.4, 0.5) is 11.4 Å². The molecule has 0 aliphatic rings. The summed E-state index contributed by atoms with van der Waals surface area (Å²) in [4.78, 5) is 25.1. The summed E-state index contributed by atoms with van der Waals surface area (Å²) in [5.74, 6) is -1.12. The molecular formula is C20H13Br2ClN2O4. The fourth-order valence-electron chi connectivity index (χ4n) is 2.43. The molecule has 9 heteroatoms. The van der Waals surface area contributed by atoms with Crippen LogP contribution in [0.3, 0.4) is 0 Å². The molecule has 0 heterocycles. The zero-order valence-electron chi connectivity index (χ0n) is 14.5. The average molecular weight is 541 g/mol. The first kappa shape index (κ1) is 21.2. The first-order valence-electron chi connectivity index (χ1n) is 8.14. The standard InChI is InChI=1S/C20H13Br2ClN2O4/c21-13-4-1-10(7-17(13)26)19(28)24-15-6-3-12(23)9-16(15)25-20(29)11-2-5-14(22)18(27)8-11/h1-9,26-27H,(H,24,28)(H,25,29). The molecule has 4 N–H and O–H groups in total. The lowest BCUT2D eigenvalue weighted by molar-refractivity contribution is 0.101. The van der Waals surface area contributed by atoms with Crippen molar-refractivity contribution in [2.45, 2.75) is 0 Å². The van der Waals surface area contributed by atoms with E-state index in [1.165, 1.54) is 30.3 Å². The van der Waals surface area contributed by atoms with E-state index in [0.29, 0.717) is 19.7 Å². The second-order valence-electron chi connectivity index (χ2n) is 5.93. The van der Waals surface area contributed by atoms with E-state index in [1.54, 1.807) is 24.3 Å². The van der Waals surface area contributed by atoms with Gasteiger partial charge < -0.3 is 20.8 Å². The largest absolute Gasteiger partial charge is 0.507 e. The number of rotatable bonds is 4. The summed E-state index contributed by atoms with van der Waals surface area (Å²) in [6.07, 6.45) is 0. The van der Waals surface area contributed by atoms with E-state index in [9.17, 15) is 19.8 Å². The SMILES string of the molecule is O=C(Nc1ccc(Cl)cc1NC(=O)c1ccc(Br)c(O)c1)c1ccc(Br)c(O)c1. The van der Waals surface area contributed by atoms with Gasteiger partial charge >= 0.3 is 0 Å². The molecule has 0 saturated heterocycles. The van der Waals surface area contributed by atoms with Crippen molar-refractivity contribution in [1.29, 1.82) is 0 Å². The summed E-state index contributed by atoms with van der Waals surface area (Å²) in [7, 11) is 0. The minimum atomic E-state index is -0.494. The van der Waals surface area contributed by atoms with Crippen molar-refractivity contribution < 1.29 is 19.8 Å². The molecule has 29 heavy (non-hydrogen) atoms. The quantitative estimate of drug-likeness (QED) is 0.337. The van der Waals surface area contributed by atoms with Gasteiger partial charge in [-0.05, 0) is 86.5 Å². The molecule has 0 aromatic heterocycles. The fraction of sp³-hybridized carbons (Fsp3) is 0. The lowest BCUT2D eigenvalue weighted by atomic mass is 10.1. The number of halogens is 3. The van der Waals surface area contributed by atoms with Crippen LogP contribution in [-0.2, 0) is 0 Å². The molecule has 2 amide bonds. The minimum absolute atomic E-state index is 0.0719. The number of benzene rings is 3. The summed E-state index contributed by atoms with van der Waals surface area (Å²) >= 11 is 12.4. The Labute approximate surface area is 187 Å². The van der Waals surface area contributed by atoms with Gasteiger partial charge in [0.1, 0.15) is 11.5 Å². The van der Waals surface area contributed by atoms with Crippen LogP contribution in [0.2, 0.25) is 5.02 Å². The maximum atomic E-state index is 12.5. The third-order valence-electron chi connectivity index (χ3n) is 3.89. The zero-order chi connectivity index (χ0) is 21.1. The number of phenols is 2. The predicted octanol–water partition coefficient (Wildman–Crippen LogP) is 5.78. The second-order valence-corrected chi connectivity index (χ2v) is 8.08. The van der Waals surface area contributed by atoms with Crippen LogP contribution in [-0.4, -0.2) is 22.0 Å². The molecule has 0 atom stereocenters. The van der Waals surface area contributed by atoms with Crippen molar-refractivity contribution in [3.05, 3.63) is 79.7 Å². The molecule has 6 nitrogen and oxygen atoms in total. The van der Waals surface area contributed by atoms with Crippen LogP contribution in [0, 0.1) is 0 Å². The lowest BCUT2D eigenvalue weighted by Gasteiger charge is -2.13. The molecule has 148 valence electrons. The second kappa shape index (κ2) is 8.86. The van der Waals surface area contributed by atoms with Crippen molar-refractivity contribution in [3.8, 4) is 11.5 Å². The molecule has 0 unspecified atom stereocenters. The number of hydrogen-bond acceptors (Lipinski definition) is 4. The number of nitrogens with one attached hydrogen (secondary N) is 2. The van der Waals surface area contributed by atoms with Crippen molar-refractivity contribution >= 4 is 66.6 Å². The molecule has 0 spiro atoms. The van der Waals surface area contributed by atoms with Gasteiger partial charge in [0, 0.05) is 16.1 Å². The summed E-state index contributed by atoms with van der Waals surface area (Å²) in [5, 5.41) is 25.3. The average Bonchev–Trinajstić information content (AvgIpc) is 2.68. The Morgan fingerprint density at radius 3 is 1.69 bits per heavy atom. The number of aromatic hydroxyl groups is 2. The van der Waals surface area contributed by atoms with Gasteiger partial charge in [-0.1, -0.05) is 11.6 Å². The molecule has 3 rings (SSSR count). The van der Waals surface area contributed by atoms with Gasteiger partial charge in [0.15, 0.2) is 0 Å². The number of hydrogen-bond donors (Lipinski definition) is 4. The topological polar surface area (TPSA) is 98.7 Å². The normalized spacial score (nSPS) is 10.4. The zero-order valence-corrected chi connectivity index (χ0v) is 18.5. The van der Waals surface area contributed by atoms with Crippen molar-refractivity contribution in [3.63, 3.8) is 0 Å². The highest BCUT2D eigenvalue weighted by molar-refractivity contribution is 9.10. The van der Waals surface area contributed by atoms with Crippen LogP contribution < -0.4 is 10.6 Å². The number of anilines is 2. The molecule has 0 saturated carbocycles. The highest BCUT2D eigenvalue weighted by Gasteiger charge is 2.15. The van der Waals surface area contributed by atoms with Gasteiger partial charge in [-0.3, -0.25) is 9.59 Å². The maximum Gasteiger partial charge on any atom is 0.255 e. The smallest absolute Gasteiger partial charge is 0.255 e. The molecule has 0 bridgehead atoms. The molecule has 0 aliphatic heterocycles. The van der Waals surface area contributed by atoms with Gasteiger partial charge in [0.2, 0.25) is 0 Å². The predicted molar refractivity (Wildman–Crippen MR) is 119 cm³/mol. The number of carbonyl (C=O) groups excluding carboxylic acids is 2. The van der Waals surface area contributed by atoms with E-state index in [4.69, 9.17) is 11.6 Å². The van der Waals surface area contributed by atoms with Gasteiger partial charge in [0.05, 0.1) is 20.3 Å². The van der Waals surface area contributed by atoms with Gasteiger partial charge in [-0.15, -0.1) is 0 Å². The van der Waals surface area contributed by atoms with E-state index in [0.717, 1.165) is 0 Å². The third-order valence-corrected chi connectivity index (χ3v) is 5.47. The number of amides is 2. The molecule has 3 aromatic carbocycles. The Hall–Kier alpha value is -2.55. The van der Waals surface area contributed by atoms with E-state index in [2.05, 4.69) is 42.5 Å². The fourth-order valence-corrected chi connectivity index (χ4v) is 3.09.